The standard InChI is InChI=1S/C15H19ClN2OS/c1-3-11(2)20-15-17-14(10-19)9-18(15)8-12-4-6-13(16)7-5-12/h4-7,9,11,19H,3,8,10H2,1-2H3/t11-/m1/s1. The fourth-order valence-corrected chi connectivity index (χ4v) is 2.86. The molecule has 2 aromatic rings. The van der Waals surface area contributed by atoms with Crippen LogP contribution in [-0.2, 0) is 13.2 Å². The number of imidazole rings is 1. The van der Waals surface area contributed by atoms with Gasteiger partial charge in [0.05, 0.1) is 12.3 Å². The number of benzene rings is 1. The number of thioether (sulfide) groups is 1. The summed E-state index contributed by atoms with van der Waals surface area (Å²) >= 11 is 7.65. The van der Waals surface area contributed by atoms with E-state index < -0.39 is 0 Å². The summed E-state index contributed by atoms with van der Waals surface area (Å²) in [6, 6.07) is 7.81. The maximum absolute atomic E-state index is 9.27. The van der Waals surface area contributed by atoms with Crippen molar-refractivity contribution in [1.82, 2.24) is 9.55 Å². The molecule has 1 aromatic heterocycles. The molecule has 0 aliphatic heterocycles. The number of nitrogens with zero attached hydrogens (tertiary/aromatic N) is 2. The molecule has 108 valence electrons. The fourth-order valence-electron chi connectivity index (χ4n) is 1.78. The van der Waals surface area contributed by atoms with Crippen LogP contribution in [0, 0.1) is 0 Å². The first-order valence-electron chi connectivity index (χ1n) is 6.70. The van der Waals surface area contributed by atoms with Gasteiger partial charge in [-0.25, -0.2) is 4.98 Å². The van der Waals surface area contributed by atoms with Gasteiger partial charge in [0.2, 0.25) is 0 Å². The predicted molar refractivity (Wildman–Crippen MR) is 84.3 cm³/mol. The average Bonchev–Trinajstić information content (AvgIpc) is 2.83. The molecule has 20 heavy (non-hydrogen) atoms. The monoisotopic (exact) mass is 310 g/mol. The van der Waals surface area contributed by atoms with Gasteiger partial charge in [-0.3, -0.25) is 0 Å². The van der Waals surface area contributed by atoms with Crippen LogP contribution < -0.4 is 0 Å². The van der Waals surface area contributed by atoms with Crippen LogP contribution in [0.3, 0.4) is 0 Å². The van der Waals surface area contributed by atoms with E-state index in [4.69, 9.17) is 11.6 Å². The molecule has 1 aromatic carbocycles. The summed E-state index contributed by atoms with van der Waals surface area (Å²) in [7, 11) is 0. The van der Waals surface area contributed by atoms with E-state index in [9.17, 15) is 5.11 Å². The highest BCUT2D eigenvalue weighted by atomic mass is 35.5. The van der Waals surface area contributed by atoms with Gasteiger partial charge in [0.15, 0.2) is 5.16 Å². The largest absolute Gasteiger partial charge is 0.390 e. The molecule has 0 aliphatic carbocycles. The van der Waals surface area contributed by atoms with Gasteiger partial charge in [0, 0.05) is 23.0 Å². The normalized spacial score (nSPS) is 12.6. The Morgan fingerprint density at radius 1 is 1.35 bits per heavy atom. The molecule has 0 saturated heterocycles. The quantitative estimate of drug-likeness (QED) is 0.820. The molecule has 0 amide bonds. The van der Waals surface area contributed by atoms with Gasteiger partial charge >= 0.3 is 0 Å². The van der Waals surface area contributed by atoms with Gasteiger partial charge in [-0.1, -0.05) is 49.3 Å². The number of aliphatic hydroxyl groups is 1. The number of hydrogen-bond acceptors (Lipinski definition) is 3. The topological polar surface area (TPSA) is 38.1 Å². The zero-order chi connectivity index (χ0) is 14.5. The lowest BCUT2D eigenvalue weighted by Gasteiger charge is -2.10. The summed E-state index contributed by atoms with van der Waals surface area (Å²) < 4.78 is 2.09. The summed E-state index contributed by atoms with van der Waals surface area (Å²) in [5, 5.41) is 11.5. The zero-order valence-corrected chi connectivity index (χ0v) is 13.3. The van der Waals surface area contributed by atoms with Crippen molar-refractivity contribution in [3.63, 3.8) is 0 Å². The summed E-state index contributed by atoms with van der Waals surface area (Å²) in [6.07, 6.45) is 3.01. The molecule has 1 N–H and O–H groups in total. The molecule has 0 spiro atoms. The molecule has 0 bridgehead atoms. The van der Waals surface area contributed by atoms with E-state index in [1.807, 2.05) is 30.5 Å². The van der Waals surface area contributed by atoms with Crippen molar-refractivity contribution in [3.8, 4) is 0 Å². The zero-order valence-electron chi connectivity index (χ0n) is 11.7. The Morgan fingerprint density at radius 2 is 2.05 bits per heavy atom. The van der Waals surface area contributed by atoms with Crippen LogP contribution >= 0.6 is 23.4 Å². The molecule has 0 aliphatic rings. The van der Waals surface area contributed by atoms with E-state index in [0.29, 0.717) is 10.9 Å². The minimum Gasteiger partial charge on any atom is -0.390 e. The molecule has 0 fully saturated rings. The van der Waals surface area contributed by atoms with Gasteiger partial charge < -0.3 is 9.67 Å². The summed E-state index contributed by atoms with van der Waals surface area (Å²) in [6.45, 7) is 5.06. The van der Waals surface area contributed by atoms with Crippen LogP contribution in [0.1, 0.15) is 31.5 Å². The number of halogens is 1. The van der Waals surface area contributed by atoms with Crippen molar-refractivity contribution in [2.75, 3.05) is 0 Å². The molecular weight excluding hydrogens is 292 g/mol. The molecule has 2 rings (SSSR count). The second-order valence-electron chi connectivity index (χ2n) is 4.76. The lowest BCUT2D eigenvalue weighted by Crippen LogP contribution is -2.03. The summed E-state index contributed by atoms with van der Waals surface area (Å²) in [4.78, 5) is 4.48. The highest BCUT2D eigenvalue weighted by Crippen LogP contribution is 2.25. The minimum absolute atomic E-state index is 0.0261. The van der Waals surface area contributed by atoms with Crippen molar-refractivity contribution in [2.24, 2.45) is 0 Å². The Labute approximate surface area is 129 Å². The van der Waals surface area contributed by atoms with Crippen LogP contribution in [-0.4, -0.2) is 19.9 Å². The fraction of sp³-hybridized carbons (Fsp3) is 0.400. The van der Waals surface area contributed by atoms with E-state index in [1.165, 1.54) is 5.56 Å². The van der Waals surface area contributed by atoms with E-state index in [2.05, 4.69) is 23.4 Å². The first-order chi connectivity index (χ1) is 9.62. The summed E-state index contributed by atoms with van der Waals surface area (Å²) in [5.74, 6) is 0. The van der Waals surface area contributed by atoms with Crippen molar-refractivity contribution in [2.45, 2.75) is 43.8 Å². The average molecular weight is 311 g/mol. The third kappa shape index (κ3) is 4.01. The van der Waals surface area contributed by atoms with E-state index in [0.717, 1.165) is 23.1 Å². The van der Waals surface area contributed by atoms with Crippen molar-refractivity contribution in [1.29, 1.82) is 0 Å². The molecular formula is C15H19ClN2OS. The van der Waals surface area contributed by atoms with Gasteiger partial charge in [-0.05, 0) is 24.1 Å². The van der Waals surface area contributed by atoms with E-state index in [1.54, 1.807) is 11.8 Å². The molecule has 5 heteroatoms. The first-order valence-corrected chi connectivity index (χ1v) is 7.96. The maximum Gasteiger partial charge on any atom is 0.168 e. The Kier molecular flexibility index (Phi) is 5.52. The number of aromatic nitrogens is 2. The van der Waals surface area contributed by atoms with Crippen molar-refractivity contribution < 1.29 is 5.11 Å². The lowest BCUT2D eigenvalue weighted by molar-refractivity contribution is 0.277. The van der Waals surface area contributed by atoms with Gasteiger partial charge in [-0.15, -0.1) is 0 Å². The van der Waals surface area contributed by atoms with Crippen LogP contribution in [0.4, 0.5) is 0 Å². The van der Waals surface area contributed by atoms with Crippen molar-refractivity contribution in [3.05, 3.63) is 46.7 Å². The lowest BCUT2D eigenvalue weighted by atomic mass is 10.2. The predicted octanol–water partition coefficient (Wildman–Crippen LogP) is 3.97. The van der Waals surface area contributed by atoms with Crippen molar-refractivity contribution >= 4 is 23.4 Å². The Bertz CT molecular complexity index is 554. The van der Waals surface area contributed by atoms with Crippen LogP contribution in [0.25, 0.3) is 0 Å². The van der Waals surface area contributed by atoms with Gasteiger partial charge in [0.25, 0.3) is 0 Å². The third-order valence-electron chi connectivity index (χ3n) is 3.10. The van der Waals surface area contributed by atoms with Crippen LogP contribution in [0.2, 0.25) is 5.02 Å². The number of rotatable bonds is 6. The smallest absolute Gasteiger partial charge is 0.168 e. The Hall–Kier alpha value is -0.970. The second kappa shape index (κ2) is 7.16. The van der Waals surface area contributed by atoms with E-state index in [-0.39, 0.29) is 6.61 Å². The molecule has 0 unspecified atom stereocenters. The summed E-state index contributed by atoms with van der Waals surface area (Å²) in [5.41, 5.74) is 1.88. The molecule has 0 saturated carbocycles. The second-order valence-corrected chi connectivity index (χ2v) is 6.61. The maximum atomic E-state index is 9.27. The van der Waals surface area contributed by atoms with Gasteiger partial charge in [0.1, 0.15) is 0 Å². The number of hydrogen-bond donors (Lipinski definition) is 1. The Balaban J connectivity index is 2.20. The SMILES string of the molecule is CC[C@@H](C)Sc1nc(CO)cn1Cc1ccc(Cl)cc1. The molecule has 3 nitrogen and oxygen atoms in total. The Morgan fingerprint density at radius 3 is 2.65 bits per heavy atom. The highest BCUT2D eigenvalue weighted by molar-refractivity contribution is 7.99. The minimum atomic E-state index is -0.0261. The highest BCUT2D eigenvalue weighted by Gasteiger charge is 2.11. The number of aliphatic hydroxyl groups excluding tert-OH is 1. The van der Waals surface area contributed by atoms with E-state index >= 15 is 0 Å². The third-order valence-corrected chi connectivity index (χ3v) is 4.62. The molecule has 0 radical (unpaired) electrons. The van der Waals surface area contributed by atoms with Gasteiger partial charge in [-0.2, -0.15) is 0 Å². The molecule has 1 heterocycles. The van der Waals surface area contributed by atoms with Crippen LogP contribution in [0.15, 0.2) is 35.6 Å². The first kappa shape index (κ1) is 15.4. The molecule has 1 atom stereocenters. The van der Waals surface area contributed by atoms with Crippen LogP contribution in [0.5, 0.6) is 0 Å².